The van der Waals surface area contributed by atoms with Gasteiger partial charge in [-0.25, -0.2) is 0 Å². The molecule has 0 spiro atoms. The fraction of sp³-hybridized carbons (Fsp3) is 0.765. The van der Waals surface area contributed by atoms with Crippen LogP contribution in [-0.2, 0) is 0 Å². The van der Waals surface area contributed by atoms with E-state index in [1.165, 1.54) is 25.0 Å². The van der Waals surface area contributed by atoms with Crippen molar-refractivity contribution in [2.45, 2.75) is 44.2 Å². The molecule has 2 aliphatic rings. The summed E-state index contributed by atoms with van der Waals surface area (Å²) in [6.07, 6.45) is 3.71. The smallest absolute Gasteiger partial charge is 0.122 e. The zero-order valence-corrected chi connectivity index (χ0v) is 13.6. The molecule has 1 aromatic heterocycles. The van der Waals surface area contributed by atoms with Crippen molar-refractivity contribution in [3.8, 4) is 0 Å². The van der Waals surface area contributed by atoms with Gasteiger partial charge in [0.15, 0.2) is 0 Å². The molecular formula is C17H29N3O. The monoisotopic (exact) mass is 291 g/mol. The number of likely N-dealkylation sites (tertiary alicyclic amines) is 1. The van der Waals surface area contributed by atoms with Gasteiger partial charge in [-0.1, -0.05) is 6.92 Å². The van der Waals surface area contributed by atoms with Gasteiger partial charge < -0.3 is 15.1 Å². The largest absolute Gasteiger partial charge is 0.464 e. The highest BCUT2D eigenvalue weighted by Gasteiger charge is 2.37. The summed E-state index contributed by atoms with van der Waals surface area (Å²) in [6.45, 7) is 5.15. The van der Waals surface area contributed by atoms with Gasteiger partial charge in [-0.05, 0) is 51.4 Å². The molecular weight excluding hydrogens is 262 g/mol. The zero-order chi connectivity index (χ0) is 15.0. The molecule has 118 valence electrons. The standard InChI is InChI=1S/C17H29N3O/c1-12-10-14(12)16-4-5-17(21-16)15(11-18)20-8-6-13(7-9-20)19(2)3/h4-5,12-15H,6-11,18H2,1-3H3. The first kappa shape index (κ1) is 15.1. The number of nitrogens with two attached hydrogens (primary N) is 1. The molecule has 4 nitrogen and oxygen atoms in total. The van der Waals surface area contributed by atoms with E-state index >= 15 is 0 Å². The number of hydrogen-bond acceptors (Lipinski definition) is 4. The average Bonchev–Trinajstić information content (AvgIpc) is 3.01. The van der Waals surface area contributed by atoms with Gasteiger partial charge in [-0.15, -0.1) is 0 Å². The molecule has 2 fully saturated rings. The average molecular weight is 291 g/mol. The number of nitrogens with zero attached hydrogens (tertiary/aromatic N) is 2. The van der Waals surface area contributed by atoms with Crippen LogP contribution in [0, 0.1) is 5.92 Å². The van der Waals surface area contributed by atoms with Crippen LogP contribution in [0.2, 0.25) is 0 Å². The Balaban J connectivity index is 1.64. The van der Waals surface area contributed by atoms with Crippen LogP contribution in [0.5, 0.6) is 0 Å². The second-order valence-electron chi connectivity index (χ2n) is 7.04. The first-order valence-electron chi connectivity index (χ1n) is 8.30. The number of piperidine rings is 1. The van der Waals surface area contributed by atoms with Crippen molar-refractivity contribution in [3.63, 3.8) is 0 Å². The molecule has 2 N–H and O–H groups in total. The predicted octanol–water partition coefficient (Wildman–Crippen LogP) is 2.43. The van der Waals surface area contributed by atoms with E-state index in [0.29, 0.717) is 18.5 Å². The van der Waals surface area contributed by atoms with E-state index in [-0.39, 0.29) is 6.04 Å². The summed E-state index contributed by atoms with van der Waals surface area (Å²) >= 11 is 0. The Hall–Kier alpha value is -0.840. The minimum atomic E-state index is 0.246. The lowest BCUT2D eigenvalue weighted by atomic mass is 10.0. The molecule has 21 heavy (non-hydrogen) atoms. The van der Waals surface area contributed by atoms with Crippen LogP contribution in [0.3, 0.4) is 0 Å². The molecule has 0 bridgehead atoms. The Kier molecular flexibility index (Phi) is 4.38. The van der Waals surface area contributed by atoms with Crippen LogP contribution in [0.1, 0.15) is 49.7 Å². The van der Waals surface area contributed by atoms with Gasteiger partial charge in [0.2, 0.25) is 0 Å². The zero-order valence-electron chi connectivity index (χ0n) is 13.6. The molecule has 1 saturated carbocycles. The lowest BCUT2D eigenvalue weighted by molar-refractivity contribution is 0.100. The Labute approximate surface area is 128 Å². The van der Waals surface area contributed by atoms with Gasteiger partial charge in [-0.2, -0.15) is 0 Å². The van der Waals surface area contributed by atoms with Crippen molar-refractivity contribution in [1.29, 1.82) is 0 Å². The number of furan rings is 1. The second kappa shape index (κ2) is 6.11. The maximum absolute atomic E-state index is 6.13. The third-order valence-electron chi connectivity index (χ3n) is 5.34. The normalized spacial score (nSPS) is 29.0. The predicted molar refractivity (Wildman–Crippen MR) is 85.3 cm³/mol. The molecule has 0 aromatic carbocycles. The summed E-state index contributed by atoms with van der Waals surface area (Å²) in [5.74, 6) is 3.67. The molecule has 1 aliphatic carbocycles. The van der Waals surface area contributed by atoms with Gasteiger partial charge in [0, 0.05) is 31.6 Å². The third-order valence-corrected chi connectivity index (χ3v) is 5.34. The van der Waals surface area contributed by atoms with E-state index in [1.807, 2.05) is 0 Å². The summed E-state index contributed by atoms with van der Waals surface area (Å²) in [4.78, 5) is 4.84. The SMILES string of the molecule is CC1CC1c1ccc(C(CN)N2CCC(N(C)C)CC2)o1. The van der Waals surface area contributed by atoms with Crippen molar-refractivity contribution >= 4 is 0 Å². The van der Waals surface area contributed by atoms with Gasteiger partial charge in [0.05, 0.1) is 6.04 Å². The van der Waals surface area contributed by atoms with Crippen LogP contribution < -0.4 is 5.73 Å². The van der Waals surface area contributed by atoms with Gasteiger partial charge >= 0.3 is 0 Å². The number of hydrogen-bond donors (Lipinski definition) is 1. The van der Waals surface area contributed by atoms with Crippen LogP contribution in [0.4, 0.5) is 0 Å². The van der Waals surface area contributed by atoms with Gasteiger partial charge in [-0.3, -0.25) is 4.90 Å². The van der Waals surface area contributed by atoms with E-state index in [9.17, 15) is 0 Å². The summed E-state index contributed by atoms with van der Waals surface area (Å²) in [6, 6.07) is 5.27. The first-order chi connectivity index (χ1) is 10.1. The highest BCUT2D eigenvalue weighted by atomic mass is 16.3. The molecule has 1 saturated heterocycles. The topological polar surface area (TPSA) is 45.6 Å². The highest BCUT2D eigenvalue weighted by Crippen LogP contribution is 2.47. The summed E-state index contributed by atoms with van der Waals surface area (Å²) in [7, 11) is 4.35. The summed E-state index contributed by atoms with van der Waals surface area (Å²) in [5, 5.41) is 0. The molecule has 1 aliphatic heterocycles. The molecule has 0 amide bonds. The fourth-order valence-corrected chi connectivity index (χ4v) is 3.62. The van der Waals surface area contributed by atoms with Crippen molar-refractivity contribution < 1.29 is 4.42 Å². The van der Waals surface area contributed by atoms with Crippen LogP contribution in [-0.4, -0.2) is 49.6 Å². The summed E-state index contributed by atoms with van der Waals surface area (Å²) in [5.41, 5.74) is 6.05. The number of rotatable bonds is 5. The Bertz CT molecular complexity index is 462. The third kappa shape index (κ3) is 3.17. The fourth-order valence-electron chi connectivity index (χ4n) is 3.62. The van der Waals surface area contributed by atoms with E-state index < -0.39 is 0 Å². The second-order valence-corrected chi connectivity index (χ2v) is 7.04. The van der Waals surface area contributed by atoms with Crippen LogP contribution >= 0.6 is 0 Å². The molecule has 3 atom stereocenters. The van der Waals surface area contributed by atoms with Crippen molar-refractivity contribution in [1.82, 2.24) is 9.80 Å². The molecule has 3 unspecified atom stereocenters. The van der Waals surface area contributed by atoms with Crippen LogP contribution in [0.15, 0.2) is 16.5 Å². The Morgan fingerprint density at radius 3 is 2.52 bits per heavy atom. The van der Waals surface area contributed by atoms with E-state index in [2.05, 4.69) is 43.0 Å². The van der Waals surface area contributed by atoms with E-state index in [4.69, 9.17) is 10.2 Å². The Morgan fingerprint density at radius 1 is 1.33 bits per heavy atom. The van der Waals surface area contributed by atoms with E-state index in [1.54, 1.807) is 0 Å². The minimum Gasteiger partial charge on any atom is -0.464 e. The molecule has 2 heterocycles. The quantitative estimate of drug-likeness (QED) is 0.905. The summed E-state index contributed by atoms with van der Waals surface area (Å²) < 4.78 is 6.13. The highest BCUT2D eigenvalue weighted by molar-refractivity contribution is 5.19. The molecule has 1 aromatic rings. The lowest BCUT2D eigenvalue weighted by Crippen LogP contribution is -2.44. The van der Waals surface area contributed by atoms with Crippen molar-refractivity contribution in [3.05, 3.63) is 23.7 Å². The molecule has 0 radical (unpaired) electrons. The minimum absolute atomic E-state index is 0.246. The van der Waals surface area contributed by atoms with Gasteiger partial charge in [0.25, 0.3) is 0 Å². The van der Waals surface area contributed by atoms with Gasteiger partial charge in [0.1, 0.15) is 11.5 Å². The lowest BCUT2D eigenvalue weighted by Gasteiger charge is -2.38. The van der Waals surface area contributed by atoms with Crippen molar-refractivity contribution in [2.24, 2.45) is 11.7 Å². The van der Waals surface area contributed by atoms with Crippen LogP contribution in [0.25, 0.3) is 0 Å². The maximum Gasteiger partial charge on any atom is 0.122 e. The maximum atomic E-state index is 6.13. The molecule has 3 rings (SSSR count). The Morgan fingerprint density at radius 2 is 2.00 bits per heavy atom. The van der Waals surface area contributed by atoms with E-state index in [0.717, 1.165) is 24.8 Å². The molecule has 4 heteroatoms. The first-order valence-corrected chi connectivity index (χ1v) is 8.30. The van der Waals surface area contributed by atoms with Crippen molar-refractivity contribution in [2.75, 3.05) is 33.7 Å².